The summed E-state index contributed by atoms with van der Waals surface area (Å²) in [6.07, 6.45) is 1.72. The third kappa shape index (κ3) is 4.61. The van der Waals surface area contributed by atoms with Crippen LogP contribution in [0.2, 0.25) is 0 Å². The second-order valence-electron chi connectivity index (χ2n) is 8.35. The van der Waals surface area contributed by atoms with Crippen LogP contribution in [0.15, 0.2) is 53.3 Å². The summed E-state index contributed by atoms with van der Waals surface area (Å²) in [5, 5.41) is 7.58. The van der Waals surface area contributed by atoms with Crippen LogP contribution in [0, 0.1) is 13.8 Å². The lowest BCUT2D eigenvalue weighted by molar-refractivity contribution is -0.117. The van der Waals surface area contributed by atoms with Gasteiger partial charge in [-0.3, -0.25) is 9.69 Å². The molecule has 0 radical (unpaired) electrons. The highest BCUT2D eigenvalue weighted by Gasteiger charge is 2.27. The van der Waals surface area contributed by atoms with Crippen molar-refractivity contribution < 1.29 is 4.79 Å². The van der Waals surface area contributed by atoms with Crippen LogP contribution >= 0.6 is 0 Å². The number of carbonyl (C=O) groups is 1. The third-order valence-electron chi connectivity index (χ3n) is 5.95. The second kappa shape index (κ2) is 8.89. The highest BCUT2D eigenvalue weighted by atomic mass is 16.2. The van der Waals surface area contributed by atoms with Gasteiger partial charge in [0.15, 0.2) is 0 Å². The third-order valence-corrected chi connectivity index (χ3v) is 5.95. The molecule has 0 bridgehead atoms. The van der Waals surface area contributed by atoms with E-state index in [0.717, 1.165) is 54.3 Å². The molecule has 2 heterocycles. The van der Waals surface area contributed by atoms with Gasteiger partial charge >= 0.3 is 5.69 Å². The van der Waals surface area contributed by atoms with Crippen LogP contribution in [0.5, 0.6) is 0 Å². The molecule has 4 rings (SSSR count). The van der Waals surface area contributed by atoms with Crippen LogP contribution in [0.3, 0.4) is 0 Å². The molecule has 7 heteroatoms. The van der Waals surface area contributed by atoms with Gasteiger partial charge < -0.3 is 5.32 Å². The largest absolute Gasteiger partial charge is 0.350 e. The summed E-state index contributed by atoms with van der Waals surface area (Å²) in [4.78, 5) is 27.4. The summed E-state index contributed by atoms with van der Waals surface area (Å²) in [6, 6.07) is 15.7. The first kappa shape index (κ1) is 21.1. The SMILES string of the molecule is Cc1ccc(C)c(NC(=O)CN2CCC(c3nn(C)c(=O)n3-c3ccccc3)CC2)c1. The maximum Gasteiger partial charge on any atom is 0.350 e. The number of hydrogen-bond donors (Lipinski definition) is 1. The van der Waals surface area contributed by atoms with Gasteiger partial charge in [-0.15, -0.1) is 0 Å². The number of piperidine rings is 1. The Kier molecular flexibility index (Phi) is 6.04. The summed E-state index contributed by atoms with van der Waals surface area (Å²) >= 11 is 0. The van der Waals surface area contributed by atoms with Gasteiger partial charge in [-0.1, -0.05) is 30.3 Å². The highest BCUT2D eigenvalue weighted by molar-refractivity contribution is 5.93. The zero-order chi connectivity index (χ0) is 22.0. The Morgan fingerprint density at radius 1 is 1.10 bits per heavy atom. The number of anilines is 1. The van der Waals surface area contributed by atoms with Gasteiger partial charge in [0.25, 0.3) is 0 Å². The molecule has 1 aliphatic heterocycles. The standard InChI is InChI=1S/C24H29N5O2/c1-17-9-10-18(2)21(15-17)25-22(30)16-28-13-11-19(12-14-28)23-26-27(3)24(31)29(23)20-7-5-4-6-8-20/h4-10,15,19H,11-14,16H2,1-3H3,(H,25,30). The van der Waals surface area contributed by atoms with Crippen molar-refractivity contribution in [3.05, 3.63) is 76.0 Å². The molecule has 0 atom stereocenters. The first-order valence-electron chi connectivity index (χ1n) is 10.7. The molecule has 3 aromatic rings. The number of likely N-dealkylation sites (tertiary alicyclic amines) is 1. The number of nitrogens with one attached hydrogen (secondary N) is 1. The van der Waals surface area contributed by atoms with Crippen LogP contribution < -0.4 is 11.0 Å². The van der Waals surface area contributed by atoms with E-state index in [1.807, 2.05) is 62.4 Å². The fourth-order valence-electron chi connectivity index (χ4n) is 4.18. The van der Waals surface area contributed by atoms with E-state index in [-0.39, 0.29) is 17.5 Å². The van der Waals surface area contributed by atoms with E-state index < -0.39 is 0 Å². The molecule has 7 nitrogen and oxygen atoms in total. The lowest BCUT2D eigenvalue weighted by atomic mass is 9.95. The molecular weight excluding hydrogens is 390 g/mol. The minimum absolute atomic E-state index is 0.00572. The molecule has 1 saturated heterocycles. The Morgan fingerprint density at radius 2 is 1.81 bits per heavy atom. The lowest BCUT2D eigenvalue weighted by Crippen LogP contribution is -2.39. The van der Waals surface area contributed by atoms with Crippen LogP contribution in [-0.4, -0.2) is 44.8 Å². The number of hydrogen-bond acceptors (Lipinski definition) is 4. The van der Waals surface area contributed by atoms with Gasteiger partial charge in [0, 0.05) is 18.7 Å². The van der Waals surface area contributed by atoms with E-state index in [1.165, 1.54) is 4.68 Å². The lowest BCUT2D eigenvalue weighted by Gasteiger charge is -2.31. The van der Waals surface area contributed by atoms with E-state index in [0.29, 0.717) is 6.54 Å². The number of rotatable bonds is 5. The number of amides is 1. The van der Waals surface area contributed by atoms with Gasteiger partial charge in [0.2, 0.25) is 5.91 Å². The first-order valence-corrected chi connectivity index (χ1v) is 10.7. The molecule has 1 aliphatic rings. The molecule has 1 fully saturated rings. The number of carbonyl (C=O) groups excluding carboxylic acids is 1. The van der Waals surface area contributed by atoms with Crippen molar-refractivity contribution in [1.82, 2.24) is 19.2 Å². The van der Waals surface area contributed by atoms with E-state index >= 15 is 0 Å². The number of nitrogens with zero attached hydrogens (tertiary/aromatic N) is 4. The molecule has 0 spiro atoms. The fourth-order valence-corrected chi connectivity index (χ4v) is 4.18. The average molecular weight is 420 g/mol. The summed E-state index contributed by atoms with van der Waals surface area (Å²) in [7, 11) is 1.69. The minimum atomic E-state index is -0.128. The van der Waals surface area contributed by atoms with Crippen LogP contribution in [-0.2, 0) is 11.8 Å². The Labute approximate surface area is 182 Å². The van der Waals surface area contributed by atoms with E-state index in [2.05, 4.69) is 15.3 Å². The molecule has 0 aliphatic carbocycles. The smallest absolute Gasteiger partial charge is 0.325 e. The summed E-state index contributed by atoms with van der Waals surface area (Å²) in [5.41, 5.74) is 3.77. The maximum absolute atomic E-state index is 12.7. The predicted octanol–water partition coefficient (Wildman–Crippen LogP) is 3.01. The van der Waals surface area contributed by atoms with Gasteiger partial charge in [-0.2, -0.15) is 5.10 Å². The number of para-hydroxylation sites is 1. The monoisotopic (exact) mass is 419 g/mol. The molecule has 1 amide bonds. The molecule has 0 unspecified atom stereocenters. The van der Waals surface area contributed by atoms with E-state index in [9.17, 15) is 9.59 Å². The summed E-state index contributed by atoms with van der Waals surface area (Å²) < 4.78 is 3.12. The van der Waals surface area contributed by atoms with Crippen molar-refractivity contribution in [3.63, 3.8) is 0 Å². The maximum atomic E-state index is 12.7. The number of benzene rings is 2. The molecule has 162 valence electrons. The second-order valence-corrected chi connectivity index (χ2v) is 8.35. The van der Waals surface area contributed by atoms with Crippen LogP contribution in [0.1, 0.15) is 35.7 Å². The quantitative estimate of drug-likeness (QED) is 0.690. The molecular formula is C24H29N5O2. The Bertz CT molecular complexity index is 1120. The van der Waals surface area contributed by atoms with Crippen molar-refractivity contribution in [2.75, 3.05) is 25.0 Å². The average Bonchev–Trinajstić information content (AvgIpc) is 3.06. The molecule has 0 saturated carbocycles. The van der Waals surface area contributed by atoms with Crippen LogP contribution in [0.4, 0.5) is 5.69 Å². The predicted molar refractivity (Wildman–Crippen MR) is 122 cm³/mol. The van der Waals surface area contributed by atoms with Gasteiger partial charge in [-0.05, 0) is 69.1 Å². The van der Waals surface area contributed by atoms with Crippen LogP contribution in [0.25, 0.3) is 5.69 Å². The normalized spacial score (nSPS) is 15.2. The Balaban J connectivity index is 1.41. The zero-order valence-corrected chi connectivity index (χ0v) is 18.3. The van der Waals surface area contributed by atoms with Crippen molar-refractivity contribution in [1.29, 1.82) is 0 Å². The highest BCUT2D eigenvalue weighted by Crippen LogP contribution is 2.27. The topological polar surface area (TPSA) is 72.2 Å². The van der Waals surface area contributed by atoms with Crippen molar-refractivity contribution in [2.45, 2.75) is 32.6 Å². The Hall–Kier alpha value is -3.19. The summed E-state index contributed by atoms with van der Waals surface area (Å²) in [6.45, 7) is 5.98. The number of aryl methyl sites for hydroxylation is 3. The summed E-state index contributed by atoms with van der Waals surface area (Å²) in [5.74, 6) is 0.997. The number of aromatic nitrogens is 3. The fraction of sp³-hybridized carbons (Fsp3) is 0.375. The Morgan fingerprint density at radius 3 is 2.52 bits per heavy atom. The van der Waals surface area contributed by atoms with Crippen molar-refractivity contribution in [2.24, 2.45) is 7.05 Å². The van der Waals surface area contributed by atoms with Crippen molar-refractivity contribution >= 4 is 11.6 Å². The first-order chi connectivity index (χ1) is 14.9. The van der Waals surface area contributed by atoms with Gasteiger partial charge in [0.1, 0.15) is 5.82 Å². The molecule has 31 heavy (non-hydrogen) atoms. The minimum Gasteiger partial charge on any atom is -0.325 e. The van der Waals surface area contributed by atoms with Gasteiger partial charge in [0.05, 0.1) is 12.2 Å². The zero-order valence-electron chi connectivity index (χ0n) is 18.3. The van der Waals surface area contributed by atoms with E-state index in [1.54, 1.807) is 11.6 Å². The molecule has 1 N–H and O–H groups in total. The van der Waals surface area contributed by atoms with Gasteiger partial charge in [-0.25, -0.2) is 14.0 Å². The van der Waals surface area contributed by atoms with Crippen molar-refractivity contribution in [3.8, 4) is 5.69 Å². The van der Waals surface area contributed by atoms with E-state index in [4.69, 9.17) is 0 Å². The molecule has 1 aromatic heterocycles. The molecule has 2 aromatic carbocycles.